The molecule has 90 valence electrons. The molecule has 0 bridgehead atoms. The summed E-state index contributed by atoms with van der Waals surface area (Å²) in [4.78, 5) is 11.8. The van der Waals surface area contributed by atoms with Crippen LogP contribution < -0.4 is 5.32 Å². The maximum atomic E-state index is 11.8. The van der Waals surface area contributed by atoms with Gasteiger partial charge in [0.25, 0.3) is 5.91 Å². The summed E-state index contributed by atoms with van der Waals surface area (Å²) in [5, 5.41) is 14.3. The van der Waals surface area contributed by atoms with Gasteiger partial charge in [-0.1, -0.05) is 36.3 Å². The summed E-state index contributed by atoms with van der Waals surface area (Å²) < 4.78 is 0. The summed E-state index contributed by atoms with van der Waals surface area (Å²) in [5.41, 5.74) is 0.270. The van der Waals surface area contributed by atoms with Crippen LogP contribution in [0.2, 0.25) is 0 Å². The monoisotopic (exact) mass is 239 g/mol. The molecule has 18 heavy (non-hydrogen) atoms. The van der Waals surface area contributed by atoms with E-state index in [9.17, 15) is 9.90 Å². The van der Waals surface area contributed by atoms with E-state index in [1.165, 1.54) is 0 Å². The molecule has 0 aromatic heterocycles. The lowest BCUT2D eigenvalue weighted by Gasteiger charge is -2.07. The zero-order chi connectivity index (χ0) is 13.0. The first-order valence-electron chi connectivity index (χ1n) is 5.62. The first kappa shape index (κ1) is 12.0. The van der Waals surface area contributed by atoms with Gasteiger partial charge in [0, 0.05) is 5.39 Å². The molecule has 0 spiro atoms. The first-order chi connectivity index (χ1) is 8.74. The largest absolute Gasteiger partial charge is 0.506 e. The predicted octanol–water partition coefficient (Wildman–Crippen LogP) is 2.30. The highest BCUT2D eigenvalue weighted by atomic mass is 16.3. The topological polar surface area (TPSA) is 49.3 Å². The fraction of sp³-hybridized carbons (Fsp3) is 0.133. The highest BCUT2D eigenvalue weighted by molar-refractivity contribution is 6.03. The van der Waals surface area contributed by atoms with Crippen LogP contribution in [0.25, 0.3) is 10.8 Å². The Labute approximate surface area is 105 Å². The van der Waals surface area contributed by atoms with Crippen molar-refractivity contribution in [2.75, 3.05) is 6.54 Å². The Bertz CT molecular complexity index is 650. The average molecular weight is 239 g/mol. The highest BCUT2D eigenvalue weighted by Gasteiger charge is 2.12. The number of phenols is 1. The molecule has 0 saturated carbocycles. The quantitative estimate of drug-likeness (QED) is 0.790. The minimum Gasteiger partial charge on any atom is -0.506 e. The number of aromatic hydroxyl groups is 1. The third kappa shape index (κ3) is 2.28. The van der Waals surface area contributed by atoms with E-state index >= 15 is 0 Å². The Morgan fingerprint density at radius 1 is 1.28 bits per heavy atom. The molecule has 0 heterocycles. The van der Waals surface area contributed by atoms with E-state index in [4.69, 9.17) is 0 Å². The van der Waals surface area contributed by atoms with Gasteiger partial charge >= 0.3 is 0 Å². The molecule has 3 heteroatoms. The molecule has 0 saturated heterocycles. The van der Waals surface area contributed by atoms with Gasteiger partial charge in [-0.25, -0.2) is 0 Å². The van der Waals surface area contributed by atoms with Crippen LogP contribution in [-0.2, 0) is 0 Å². The van der Waals surface area contributed by atoms with Crippen molar-refractivity contribution in [3.8, 4) is 17.6 Å². The van der Waals surface area contributed by atoms with Crippen molar-refractivity contribution >= 4 is 16.7 Å². The lowest BCUT2D eigenvalue weighted by molar-refractivity contribution is 0.0956. The smallest absolute Gasteiger partial charge is 0.255 e. The van der Waals surface area contributed by atoms with Crippen molar-refractivity contribution in [3.05, 3.63) is 42.0 Å². The summed E-state index contributed by atoms with van der Waals surface area (Å²) in [7, 11) is 0. The van der Waals surface area contributed by atoms with Crippen LogP contribution in [0.5, 0.6) is 5.75 Å². The molecule has 0 unspecified atom stereocenters. The first-order valence-corrected chi connectivity index (χ1v) is 5.62. The molecular weight excluding hydrogens is 226 g/mol. The van der Waals surface area contributed by atoms with Crippen molar-refractivity contribution in [1.29, 1.82) is 0 Å². The van der Waals surface area contributed by atoms with Crippen LogP contribution in [0.1, 0.15) is 17.3 Å². The molecule has 1 amide bonds. The van der Waals surface area contributed by atoms with Crippen molar-refractivity contribution < 1.29 is 9.90 Å². The summed E-state index contributed by atoms with van der Waals surface area (Å²) in [6.07, 6.45) is 0. The van der Waals surface area contributed by atoms with E-state index in [1.807, 2.05) is 24.3 Å². The van der Waals surface area contributed by atoms with Crippen LogP contribution in [-0.4, -0.2) is 17.6 Å². The van der Waals surface area contributed by atoms with Crippen molar-refractivity contribution in [2.45, 2.75) is 6.92 Å². The Morgan fingerprint density at radius 2 is 2.06 bits per heavy atom. The van der Waals surface area contributed by atoms with Gasteiger partial charge in [0.2, 0.25) is 0 Å². The average Bonchev–Trinajstić information content (AvgIpc) is 2.39. The van der Waals surface area contributed by atoms with E-state index in [2.05, 4.69) is 17.2 Å². The van der Waals surface area contributed by atoms with Crippen LogP contribution >= 0.6 is 0 Å². The number of phenolic OH excluding ortho intramolecular Hbond substituents is 1. The van der Waals surface area contributed by atoms with Gasteiger partial charge in [0.05, 0.1) is 12.1 Å². The molecule has 0 fully saturated rings. The third-order valence-corrected chi connectivity index (χ3v) is 2.66. The molecule has 2 aromatic carbocycles. The lowest BCUT2D eigenvalue weighted by atomic mass is 10.0. The number of benzene rings is 2. The van der Waals surface area contributed by atoms with Gasteiger partial charge in [0.1, 0.15) is 5.75 Å². The van der Waals surface area contributed by atoms with Gasteiger partial charge in [-0.3, -0.25) is 4.79 Å². The van der Waals surface area contributed by atoms with Crippen LogP contribution in [0.15, 0.2) is 36.4 Å². The van der Waals surface area contributed by atoms with E-state index in [1.54, 1.807) is 19.1 Å². The molecule has 0 radical (unpaired) electrons. The number of carbonyl (C=O) groups is 1. The maximum Gasteiger partial charge on any atom is 0.255 e. The highest BCUT2D eigenvalue weighted by Crippen LogP contribution is 2.28. The second kappa shape index (κ2) is 5.24. The Morgan fingerprint density at radius 3 is 2.83 bits per heavy atom. The Balaban J connectivity index is 2.36. The summed E-state index contributed by atoms with van der Waals surface area (Å²) in [6, 6.07) is 10.8. The molecule has 0 atom stereocenters. The third-order valence-electron chi connectivity index (χ3n) is 2.66. The minimum absolute atomic E-state index is 0.00931. The second-order valence-corrected chi connectivity index (χ2v) is 3.79. The van der Waals surface area contributed by atoms with Gasteiger partial charge in [-0.2, -0.15) is 0 Å². The van der Waals surface area contributed by atoms with Gasteiger partial charge in [0.15, 0.2) is 0 Å². The Hall–Kier alpha value is -2.47. The number of fused-ring (bicyclic) bond motifs is 1. The summed E-state index contributed by atoms with van der Waals surface area (Å²) in [5.74, 6) is 5.12. The number of nitrogens with one attached hydrogen (secondary N) is 1. The molecule has 0 aliphatic carbocycles. The molecule has 2 rings (SSSR count). The molecular formula is C15H13NO2. The van der Waals surface area contributed by atoms with Crippen LogP contribution in [0, 0.1) is 11.8 Å². The molecule has 0 aliphatic heterocycles. The van der Waals surface area contributed by atoms with Gasteiger partial charge in [-0.05, 0) is 18.4 Å². The summed E-state index contributed by atoms with van der Waals surface area (Å²) >= 11 is 0. The number of rotatable bonds is 2. The van der Waals surface area contributed by atoms with Gasteiger partial charge < -0.3 is 10.4 Å². The van der Waals surface area contributed by atoms with Gasteiger partial charge in [-0.15, -0.1) is 5.92 Å². The van der Waals surface area contributed by atoms with E-state index in [0.717, 1.165) is 5.39 Å². The lowest BCUT2D eigenvalue weighted by Crippen LogP contribution is -2.23. The maximum absolute atomic E-state index is 11.8. The molecule has 3 nitrogen and oxygen atoms in total. The zero-order valence-corrected chi connectivity index (χ0v) is 10.0. The van der Waals surface area contributed by atoms with Crippen molar-refractivity contribution in [1.82, 2.24) is 5.32 Å². The number of hydrogen-bond acceptors (Lipinski definition) is 2. The van der Waals surface area contributed by atoms with Crippen molar-refractivity contribution in [3.63, 3.8) is 0 Å². The fourth-order valence-electron chi connectivity index (χ4n) is 1.75. The number of carbonyl (C=O) groups excluding carboxylic acids is 1. The normalized spacial score (nSPS) is 9.61. The van der Waals surface area contributed by atoms with E-state index in [0.29, 0.717) is 5.39 Å². The summed E-state index contributed by atoms with van der Waals surface area (Å²) in [6.45, 7) is 1.99. The fourth-order valence-corrected chi connectivity index (χ4v) is 1.75. The predicted molar refractivity (Wildman–Crippen MR) is 71.4 cm³/mol. The van der Waals surface area contributed by atoms with E-state index in [-0.39, 0.29) is 23.8 Å². The molecule has 2 N–H and O–H groups in total. The minimum atomic E-state index is -0.319. The SMILES string of the molecule is CC#CCNC(=O)c1ccc2ccccc2c1O. The van der Waals surface area contributed by atoms with E-state index < -0.39 is 0 Å². The molecule has 0 aliphatic rings. The van der Waals surface area contributed by atoms with Crippen LogP contribution in [0.4, 0.5) is 0 Å². The zero-order valence-electron chi connectivity index (χ0n) is 10.0. The second-order valence-electron chi connectivity index (χ2n) is 3.79. The van der Waals surface area contributed by atoms with Crippen LogP contribution in [0.3, 0.4) is 0 Å². The molecule has 2 aromatic rings. The van der Waals surface area contributed by atoms with Crippen molar-refractivity contribution in [2.24, 2.45) is 0 Å². The number of amides is 1. The number of hydrogen-bond donors (Lipinski definition) is 2. The Kier molecular flexibility index (Phi) is 3.49. The standard InChI is InChI=1S/C15H13NO2/c1-2-3-10-16-15(18)13-9-8-11-6-4-5-7-12(11)14(13)17/h4-9,17H,10H2,1H3,(H,16,18).